The van der Waals surface area contributed by atoms with E-state index in [0.29, 0.717) is 0 Å². The van der Waals surface area contributed by atoms with Gasteiger partial charge >= 0.3 is 0 Å². The Morgan fingerprint density at radius 1 is 1.44 bits per heavy atom. The van der Waals surface area contributed by atoms with E-state index in [1.54, 1.807) is 0 Å². The van der Waals surface area contributed by atoms with Crippen molar-refractivity contribution in [2.45, 2.75) is 24.7 Å². The Hall–Kier alpha value is -0.870. The molecule has 0 radical (unpaired) electrons. The van der Waals surface area contributed by atoms with Crippen molar-refractivity contribution in [3.05, 3.63) is 34.8 Å². The van der Waals surface area contributed by atoms with Crippen LogP contribution in [0.25, 0.3) is 5.52 Å². The molecule has 1 N–H and O–H groups in total. The van der Waals surface area contributed by atoms with E-state index in [4.69, 9.17) is 0 Å². The molecule has 0 bridgehead atoms. The number of imidazole rings is 1. The molecular weight excluding hydrogens is 268 g/mol. The van der Waals surface area contributed by atoms with Gasteiger partial charge in [0.05, 0.1) is 17.5 Å². The van der Waals surface area contributed by atoms with Crippen LogP contribution in [0.1, 0.15) is 25.1 Å². The first kappa shape index (κ1) is 10.3. The van der Waals surface area contributed by atoms with Crippen LogP contribution in [0.2, 0.25) is 0 Å². The molecule has 0 aromatic carbocycles. The van der Waals surface area contributed by atoms with Gasteiger partial charge in [-0.2, -0.15) is 0 Å². The van der Waals surface area contributed by atoms with Gasteiger partial charge in [-0.3, -0.25) is 0 Å². The summed E-state index contributed by atoms with van der Waals surface area (Å²) < 4.78 is 2.95. The number of rotatable bonds is 2. The molecule has 3 nitrogen and oxygen atoms in total. The lowest BCUT2D eigenvalue weighted by Crippen LogP contribution is -2.39. The molecule has 0 spiro atoms. The maximum atomic E-state index is 9.59. The minimum Gasteiger partial charge on any atom is -0.395 e. The lowest BCUT2D eigenvalue weighted by molar-refractivity contribution is 0.111. The van der Waals surface area contributed by atoms with E-state index in [-0.39, 0.29) is 12.0 Å². The highest BCUT2D eigenvalue weighted by molar-refractivity contribution is 9.10. The Morgan fingerprint density at radius 2 is 2.25 bits per heavy atom. The van der Waals surface area contributed by atoms with E-state index in [1.165, 1.54) is 6.42 Å². The van der Waals surface area contributed by atoms with E-state index in [1.807, 2.05) is 24.4 Å². The summed E-state index contributed by atoms with van der Waals surface area (Å²) in [6, 6.07) is 6.02. The Morgan fingerprint density at radius 3 is 2.88 bits per heavy atom. The largest absolute Gasteiger partial charge is 0.395 e. The van der Waals surface area contributed by atoms with E-state index in [9.17, 15) is 5.11 Å². The molecule has 2 heterocycles. The number of nitrogens with zero attached hydrogens (tertiary/aromatic N) is 2. The fraction of sp³-hybridized carbons (Fsp3) is 0.417. The Labute approximate surface area is 102 Å². The molecule has 3 rings (SSSR count). The molecule has 4 heteroatoms. The van der Waals surface area contributed by atoms with Gasteiger partial charge in [-0.1, -0.05) is 12.5 Å². The second-order valence-electron chi connectivity index (χ2n) is 4.47. The van der Waals surface area contributed by atoms with Crippen LogP contribution in [0.5, 0.6) is 0 Å². The van der Waals surface area contributed by atoms with Gasteiger partial charge in [-0.15, -0.1) is 0 Å². The lowest BCUT2D eigenvalue weighted by atomic mass is 9.69. The number of hydrogen-bond donors (Lipinski definition) is 1. The molecule has 1 saturated carbocycles. The molecule has 0 saturated heterocycles. The van der Waals surface area contributed by atoms with Crippen molar-refractivity contribution in [3.8, 4) is 0 Å². The minimum atomic E-state index is -0.115. The summed E-state index contributed by atoms with van der Waals surface area (Å²) in [5, 5.41) is 9.59. The number of aliphatic hydroxyl groups excluding tert-OH is 1. The summed E-state index contributed by atoms with van der Waals surface area (Å²) in [7, 11) is 0. The summed E-state index contributed by atoms with van der Waals surface area (Å²) >= 11 is 3.48. The molecule has 1 fully saturated rings. The molecule has 0 amide bonds. The molecule has 1 aliphatic carbocycles. The van der Waals surface area contributed by atoms with Crippen molar-refractivity contribution in [2.24, 2.45) is 0 Å². The van der Waals surface area contributed by atoms with Gasteiger partial charge in [-0.25, -0.2) is 4.98 Å². The number of aliphatic hydroxyl groups is 1. The van der Waals surface area contributed by atoms with Crippen LogP contribution >= 0.6 is 15.9 Å². The predicted octanol–water partition coefficient (Wildman–Crippen LogP) is 2.51. The van der Waals surface area contributed by atoms with Crippen LogP contribution in [0.4, 0.5) is 0 Å². The highest BCUT2D eigenvalue weighted by atomic mass is 79.9. The van der Waals surface area contributed by atoms with Crippen molar-refractivity contribution in [1.29, 1.82) is 0 Å². The molecule has 2 aromatic rings. The van der Waals surface area contributed by atoms with Crippen LogP contribution in [-0.4, -0.2) is 21.1 Å². The second kappa shape index (κ2) is 3.57. The van der Waals surface area contributed by atoms with E-state index < -0.39 is 0 Å². The summed E-state index contributed by atoms with van der Waals surface area (Å²) in [6.07, 6.45) is 5.26. The molecule has 0 unspecified atom stereocenters. The second-order valence-corrected chi connectivity index (χ2v) is 5.23. The van der Waals surface area contributed by atoms with Crippen molar-refractivity contribution in [1.82, 2.24) is 9.38 Å². The number of fused-ring (bicyclic) bond motifs is 1. The highest BCUT2D eigenvalue weighted by Gasteiger charge is 2.41. The van der Waals surface area contributed by atoms with Crippen LogP contribution < -0.4 is 0 Å². The van der Waals surface area contributed by atoms with Gasteiger partial charge < -0.3 is 9.51 Å². The first-order valence-electron chi connectivity index (χ1n) is 5.51. The van der Waals surface area contributed by atoms with Crippen molar-refractivity contribution >= 4 is 21.4 Å². The molecule has 16 heavy (non-hydrogen) atoms. The molecule has 0 atom stereocenters. The van der Waals surface area contributed by atoms with Crippen LogP contribution in [0, 0.1) is 0 Å². The quantitative estimate of drug-likeness (QED) is 0.918. The molecule has 2 aromatic heterocycles. The van der Waals surface area contributed by atoms with E-state index in [2.05, 4.69) is 25.3 Å². The Kier molecular flexibility index (Phi) is 2.30. The summed E-state index contributed by atoms with van der Waals surface area (Å²) in [4.78, 5) is 4.57. The van der Waals surface area contributed by atoms with Gasteiger partial charge in [0, 0.05) is 6.20 Å². The molecular formula is C12H13BrN2O. The summed E-state index contributed by atoms with van der Waals surface area (Å²) in [6.45, 7) is 0.188. The predicted molar refractivity (Wildman–Crippen MR) is 65.5 cm³/mol. The van der Waals surface area contributed by atoms with Crippen LogP contribution in [0.3, 0.4) is 0 Å². The maximum absolute atomic E-state index is 9.59. The Bertz CT molecular complexity index is 525. The average molecular weight is 281 g/mol. The number of pyridine rings is 1. The fourth-order valence-corrected chi connectivity index (χ4v) is 2.92. The monoisotopic (exact) mass is 280 g/mol. The van der Waals surface area contributed by atoms with Gasteiger partial charge in [0.15, 0.2) is 0 Å². The summed E-state index contributed by atoms with van der Waals surface area (Å²) in [5.74, 6) is 0.990. The molecule has 0 aliphatic heterocycles. The zero-order valence-corrected chi connectivity index (χ0v) is 10.4. The van der Waals surface area contributed by atoms with Crippen LogP contribution in [-0.2, 0) is 5.41 Å². The van der Waals surface area contributed by atoms with Crippen molar-refractivity contribution < 1.29 is 5.11 Å². The van der Waals surface area contributed by atoms with Crippen LogP contribution in [0.15, 0.2) is 29.0 Å². The van der Waals surface area contributed by atoms with Gasteiger partial charge in [0.25, 0.3) is 0 Å². The van der Waals surface area contributed by atoms with Crippen molar-refractivity contribution in [2.75, 3.05) is 6.61 Å². The van der Waals surface area contributed by atoms with E-state index in [0.717, 1.165) is 28.8 Å². The maximum Gasteiger partial charge on any atom is 0.132 e. The number of hydrogen-bond acceptors (Lipinski definition) is 2. The average Bonchev–Trinajstić information content (AvgIpc) is 2.58. The van der Waals surface area contributed by atoms with Gasteiger partial charge in [-0.05, 0) is 40.9 Å². The van der Waals surface area contributed by atoms with Gasteiger partial charge in [0.1, 0.15) is 10.4 Å². The topological polar surface area (TPSA) is 37.5 Å². The minimum absolute atomic E-state index is 0.115. The Balaban J connectivity index is 2.24. The normalized spacial score (nSPS) is 18.6. The highest BCUT2D eigenvalue weighted by Crippen LogP contribution is 2.43. The first-order chi connectivity index (χ1) is 7.77. The van der Waals surface area contributed by atoms with E-state index >= 15 is 0 Å². The number of halogens is 1. The third kappa shape index (κ3) is 1.26. The van der Waals surface area contributed by atoms with Gasteiger partial charge in [0.2, 0.25) is 0 Å². The zero-order chi connectivity index (χ0) is 11.2. The third-order valence-electron chi connectivity index (χ3n) is 3.59. The third-order valence-corrected chi connectivity index (χ3v) is 4.17. The molecule has 1 aliphatic rings. The first-order valence-corrected chi connectivity index (χ1v) is 6.30. The smallest absolute Gasteiger partial charge is 0.132 e. The standard InChI is InChI=1S/C12H13BrN2O/c13-10-9-4-1-2-7-15(9)11(14-10)12(8-16)5-3-6-12/h1-2,4,7,16H,3,5-6,8H2. The zero-order valence-electron chi connectivity index (χ0n) is 8.86. The molecule has 84 valence electrons. The lowest BCUT2D eigenvalue weighted by Gasteiger charge is -2.38. The summed E-state index contributed by atoms with van der Waals surface area (Å²) in [5.41, 5.74) is 0.952. The SMILES string of the molecule is OCC1(c2nc(Br)c3ccccn23)CCC1. The van der Waals surface area contributed by atoms with Crippen molar-refractivity contribution in [3.63, 3.8) is 0 Å². The fourth-order valence-electron chi connectivity index (χ4n) is 2.43. The number of aromatic nitrogens is 2.